The monoisotopic (exact) mass is 445 g/mol. The van der Waals surface area contributed by atoms with Gasteiger partial charge in [0.15, 0.2) is 0 Å². The number of halogens is 1. The number of carbonyl (C=O) groups is 2. The molecular weight excluding hydrogens is 430 g/mol. The van der Waals surface area contributed by atoms with Gasteiger partial charge in [-0.3, -0.25) is 14.9 Å². The van der Waals surface area contributed by atoms with Crippen LogP contribution in [-0.2, 0) is 22.6 Å². The molecule has 0 radical (unpaired) electrons. The number of carbonyl (C=O) groups excluding carboxylic acids is 2. The molecule has 1 N–H and O–H groups in total. The summed E-state index contributed by atoms with van der Waals surface area (Å²) in [5.41, 5.74) is 2.00. The van der Waals surface area contributed by atoms with E-state index in [1.165, 1.54) is 23.5 Å². The number of hydrogen-bond acceptors (Lipinski definition) is 7. The molecule has 0 aliphatic carbocycles. The van der Waals surface area contributed by atoms with Gasteiger partial charge in [0.05, 0.1) is 27.6 Å². The summed E-state index contributed by atoms with van der Waals surface area (Å²) in [5.74, 6) is -0.915. The number of nitrogens with zero attached hydrogens (tertiary/aromatic N) is 2. The number of para-hydroxylation sites is 1. The molecule has 0 aliphatic heterocycles. The number of nitrogens with one attached hydrogen (secondary N) is 1. The quantitative estimate of drug-likeness (QED) is 0.324. The minimum Gasteiger partial charge on any atom is -0.456 e. The predicted octanol–water partition coefficient (Wildman–Crippen LogP) is 4.55. The van der Waals surface area contributed by atoms with E-state index in [0.717, 1.165) is 17.3 Å². The molecule has 0 fully saturated rings. The molecular formula is C20H16ClN3O5S. The third-order valence-corrected chi connectivity index (χ3v) is 5.28. The van der Waals surface area contributed by atoms with Crippen molar-refractivity contribution in [1.82, 2.24) is 4.98 Å². The molecule has 0 atom stereocenters. The zero-order chi connectivity index (χ0) is 21.7. The minimum atomic E-state index is -0.721. The van der Waals surface area contributed by atoms with Gasteiger partial charge in [-0.1, -0.05) is 29.8 Å². The van der Waals surface area contributed by atoms with Crippen molar-refractivity contribution in [1.29, 1.82) is 0 Å². The van der Waals surface area contributed by atoms with Crippen LogP contribution < -0.4 is 5.32 Å². The Morgan fingerprint density at radius 3 is 2.73 bits per heavy atom. The van der Waals surface area contributed by atoms with Crippen LogP contribution in [0.25, 0.3) is 0 Å². The Hall–Kier alpha value is -3.30. The second kappa shape index (κ2) is 9.47. The summed E-state index contributed by atoms with van der Waals surface area (Å²) in [6, 6.07) is 11.0. The standard InChI is InChI=1S/C20H16ClN3O5S/c1-12-4-2-3-5-17(12)23-18(25)9-19-22-13(11-30-19)10-29-20(26)15-7-6-14(24(27)28)8-16(15)21/h2-8,11H,9-10H2,1H3,(H,23,25). The van der Waals surface area contributed by atoms with Gasteiger partial charge in [-0.25, -0.2) is 9.78 Å². The SMILES string of the molecule is Cc1ccccc1NC(=O)Cc1nc(COC(=O)c2ccc([N+](=O)[O-])cc2Cl)cs1. The van der Waals surface area contributed by atoms with E-state index in [1.54, 1.807) is 5.38 Å². The highest BCUT2D eigenvalue weighted by molar-refractivity contribution is 7.09. The van der Waals surface area contributed by atoms with Gasteiger partial charge >= 0.3 is 5.97 Å². The highest BCUT2D eigenvalue weighted by Crippen LogP contribution is 2.23. The van der Waals surface area contributed by atoms with E-state index in [2.05, 4.69) is 10.3 Å². The summed E-state index contributed by atoms with van der Waals surface area (Å²) in [6.45, 7) is 1.80. The molecule has 1 amide bonds. The van der Waals surface area contributed by atoms with Crippen molar-refractivity contribution in [3.05, 3.63) is 84.8 Å². The Labute approximate surface area is 180 Å². The number of ether oxygens (including phenoxy) is 1. The van der Waals surface area contributed by atoms with E-state index < -0.39 is 10.9 Å². The maximum atomic E-state index is 12.2. The molecule has 0 saturated carbocycles. The third-order valence-electron chi connectivity index (χ3n) is 4.06. The molecule has 1 aromatic heterocycles. The van der Waals surface area contributed by atoms with Gasteiger partial charge in [0.25, 0.3) is 5.69 Å². The summed E-state index contributed by atoms with van der Waals surface area (Å²) in [7, 11) is 0. The molecule has 0 aliphatic rings. The topological polar surface area (TPSA) is 111 Å². The number of aromatic nitrogens is 1. The van der Waals surface area contributed by atoms with Crippen LogP contribution in [0.3, 0.4) is 0 Å². The fourth-order valence-corrected chi connectivity index (χ4v) is 3.57. The van der Waals surface area contributed by atoms with Crippen molar-refractivity contribution in [3.8, 4) is 0 Å². The van der Waals surface area contributed by atoms with Crippen LogP contribution in [0.15, 0.2) is 47.8 Å². The van der Waals surface area contributed by atoms with E-state index in [4.69, 9.17) is 16.3 Å². The van der Waals surface area contributed by atoms with E-state index in [0.29, 0.717) is 10.7 Å². The van der Waals surface area contributed by atoms with Crippen molar-refractivity contribution in [2.75, 3.05) is 5.32 Å². The zero-order valence-electron chi connectivity index (χ0n) is 15.8. The van der Waals surface area contributed by atoms with Crippen molar-refractivity contribution in [3.63, 3.8) is 0 Å². The smallest absolute Gasteiger partial charge is 0.340 e. The number of nitro groups is 1. The molecule has 1 heterocycles. The van der Waals surface area contributed by atoms with Crippen LogP contribution >= 0.6 is 22.9 Å². The maximum Gasteiger partial charge on any atom is 0.340 e. The molecule has 10 heteroatoms. The van der Waals surface area contributed by atoms with Gasteiger partial charge in [0.2, 0.25) is 5.91 Å². The van der Waals surface area contributed by atoms with Crippen LogP contribution in [-0.4, -0.2) is 21.8 Å². The Balaban J connectivity index is 1.55. The molecule has 0 bridgehead atoms. The normalized spacial score (nSPS) is 10.5. The average Bonchev–Trinajstić information content (AvgIpc) is 3.15. The van der Waals surface area contributed by atoms with Crippen LogP contribution in [0, 0.1) is 17.0 Å². The van der Waals surface area contributed by atoms with Crippen LogP contribution in [0.2, 0.25) is 5.02 Å². The van der Waals surface area contributed by atoms with Crippen LogP contribution in [0.1, 0.15) is 26.6 Å². The Bertz CT molecular complexity index is 1120. The van der Waals surface area contributed by atoms with E-state index in [1.807, 2.05) is 31.2 Å². The maximum absolute atomic E-state index is 12.2. The number of hydrogen-bond donors (Lipinski definition) is 1. The van der Waals surface area contributed by atoms with Gasteiger partial charge in [0.1, 0.15) is 11.6 Å². The molecule has 3 rings (SSSR count). The number of nitro benzene ring substituents is 1. The summed E-state index contributed by atoms with van der Waals surface area (Å²) >= 11 is 7.21. The molecule has 2 aromatic carbocycles. The summed E-state index contributed by atoms with van der Waals surface area (Å²) < 4.78 is 5.18. The molecule has 154 valence electrons. The lowest BCUT2D eigenvalue weighted by atomic mass is 10.2. The summed E-state index contributed by atoms with van der Waals surface area (Å²) in [5, 5.41) is 15.8. The predicted molar refractivity (Wildman–Crippen MR) is 113 cm³/mol. The lowest BCUT2D eigenvalue weighted by molar-refractivity contribution is -0.384. The minimum absolute atomic E-state index is 0.0235. The number of non-ortho nitro benzene ring substituents is 1. The highest BCUT2D eigenvalue weighted by Gasteiger charge is 2.17. The van der Waals surface area contributed by atoms with E-state index >= 15 is 0 Å². The van der Waals surface area contributed by atoms with Gasteiger partial charge < -0.3 is 10.1 Å². The van der Waals surface area contributed by atoms with Crippen LogP contribution in [0.4, 0.5) is 11.4 Å². The molecule has 3 aromatic rings. The van der Waals surface area contributed by atoms with Gasteiger partial charge in [0, 0.05) is 23.2 Å². The first-order chi connectivity index (χ1) is 14.3. The number of benzene rings is 2. The summed E-state index contributed by atoms with van der Waals surface area (Å²) in [4.78, 5) is 38.8. The first kappa shape index (κ1) is 21.4. The lowest BCUT2D eigenvalue weighted by Gasteiger charge is -2.06. The molecule has 8 nitrogen and oxygen atoms in total. The second-order valence-electron chi connectivity index (χ2n) is 6.27. The lowest BCUT2D eigenvalue weighted by Crippen LogP contribution is -2.15. The number of anilines is 1. The van der Waals surface area contributed by atoms with E-state index in [-0.39, 0.29) is 35.2 Å². The number of aryl methyl sites for hydroxylation is 1. The Morgan fingerprint density at radius 1 is 1.27 bits per heavy atom. The molecule has 0 saturated heterocycles. The molecule has 0 spiro atoms. The number of thiazole rings is 1. The van der Waals surface area contributed by atoms with Crippen LogP contribution in [0.5, 0.6) is 0 Å². The van der Waals surface area contributed by atoms with Gasteiger partial charge in [-0.2, -0.15) is 0 Å². The number of amides is 1. The van der Waals surface area contributed by atoms with Crippen molar-refractivity contribution < 1.29 is 19.2 Å². The molecule has 30 heavy (non-hydrogen) atoms. The largest absolute Gasteiger partial charge is 0.456 e. The van der Waals surface area contributed by atoms with Crippen molar-refractivity contribution >= 4 is 46.2 Å². The molecule has 0 unspecified atom stereocenters. The summed E-state index contributed by atoms with van der Waals surface area (Å²) in [6.07, 6.45) is 0.0983. The number of esters is 1. The fourth-order valence-electron chi connectivity index (χ4n) is 2.54. The fraction of sp³-hybridized carbons (Fsp3) is 0.150. The number of rotatable bonds is 7. The second-order valence-corrected chi connectivity index (χ2v) is 7.62. The Kier molecular flexibility index (Phi) is 6.76. The first-order valence-electron chi connectivity index (χ1n) is 8.73. The first-order valence-corrected chi connectivity index (χ1v) is 9.99. The highest BCUT2D eigenvalue weighted by atomic mass is 35.5. The Morgan fingerprint density at radius 2 is 2.03 bits per heavy atom. The van der Waals surface area contributed by atoms with Crippen molar-refractivity contribution in [2.45, 2.75) is 20.0 Å². The van der Waals surface area contributed by atoms with E-state index in [9.17, 15) is 19.7 Å². The van der Waals surface area contributed by atoms with Gasteiger partial charge in [-0.05, 0) is 24.6 Å². The average molecular weight is 446 g/mol. The van der Waals surface area contributed by atoms with Crippen molar-refractivity contribution in [2.24, 2.45) is 0 Å². The third kappa shape index (κ3) is 5.40. The van der Waals surface area contributed by atoms with Gasteiger partial charge in [-0.15, -0.1) is 11.3 Å². The zero-order valence-corrected chi connectivity index (χ0v) is 17.3.